The van der Waals surface area contributed by atoms with Gasteiger partial charge in [0, 0.05) is 6.42 Å². The molecule has 0 aliphatic heterocycles. The van der Waals surface area contributed by atoms with Crippen LogP contribution in [-0.4, -0.2) is 5.12 Å². The van der Waals surface area contributed by atoms with Crippen molar-refractivity contribution in [1.82, 2.24) is 0 Å². The summed E-state index contributed by atoms with van der Waals surface area (Å²) < 4.78 is 0. The van der Waals surface area contributed by atoms with Crippen molar-refractivity contribution < 1.29 is 4.79 Å². The van der Waals surface area contributed by atoms with Crippen LogP contribution in [0.4, 0.5) is 0 Å². The van der Waals surface area contributed by atoms with E-state index in [9.17, 15) is 4.79 Å². The van der Waals surface area contributed by atoms with Crippen LogP contribution in [0.15, 0.2) is 0 Å². The molecule has 0 spiro atoms. The zero-order valence-corrected chi connectivity index (χ0v) is 7.20. The highest BCUT2D eigenvalue weighted by Gasteiger charge is 1.92. The van der Waals surface area contributed by atoms with E-state index in [0.29, 0.717) is 6.42 Å². The molecule has 0 aliphatic carbocycles. The fourth-order valence-corrected chi connectivity index (χ4v) is 0.965. The molecule has 0 rings (SSSR count). The van der Waals surface area contributed by atoms with Gasteiger partial charge in [0.25, 0.3) is 0 Å². The highest BCUT2D eigenvalue weighted by Crippen LogP contribution is 2.05. The largest absolute Gasteiger partial charge is 0.343 e. The number of carbonyl (C=O) groups excluding carboxylic acids is 1. The van der Waals surface area contributed by atoms with Crippen molar-refractivity contribution in [2.45, 2.75) is 38.5 Å². The second-order valence-electron chi connectivity index (χ2n) is 2.41. The molecule has 2 heteroatoms. The second kappa shape index (κ2) is 7.13. The Morgan fingerprint density at radius 3 is 2.30 bits per heavy atom. The average molecular weight is 159 g/mol. The quantitative estimate of drug-likeness (QED) is 0.358. The van der Waals surface area contributed by atoms with Gasteiger partial charge in [-0.2, -0.15) is 6.42 Å². The number of hydrogen-bond donors (Lipinski definition) is 1. The van der Waals surface area contributed by atoms with Crippen molar-refractivity contribution in [1.29, 1.82) is 0 Å². The smallest absolute Gasteiger partial charge is 0.185 e. The first-order valence-corrected chi connectivity index (χ1v) is 4.23. The molecule has 0 aromatic heterocycles. The van der Waals surface area contributed by atoms with Gasteiger partial charge < -0.3 is 6.92 Å². The van der Waals surface area contributed by atoms with E-state index in [0.717, 1.165) is 19.3 Å². The summed E-state index contributed by atoms with van der Waals surface area (Å²) in [5.74, 6) is 0. The lowest BCUT2D eigenvalue weighted by Gasteiger charge is -1.98. The summed E-state index contributed by atoms with van der Waals surface area (Å²) in [6.07, 6.45) is 6.14. The van der Waals surface area contributed by atoms with E-state index in [1.165, 1.54) is 12.8 Å². The average Bonchev–Trinajstić information content (AvgIpc) is 1.87. The van der Waals surface area contributed by atoms with E-state index in [2.05, 4.69) is 19.6 Å². The number of hydrogen-bond acceptors (Lipinski definition) is 1. The van der Waals surface area contributed by atoms with Gasteiger partial charge in [-0.15, -0.1) is 12.6 Å². The second-order valence-corrected chi connectivity index (χ2v) is 2.91. The van der Waals surface area contributed by atoms with Gasteiger partial charge in [0.2, 0.25) is 0 Å². The lowest BCUT2D eigenvalue weighted by Crippen LogP contribution is -1.85. The third kappa shape index (κ3) is 8.02. The van der Waals surface area contributed by atoms with Gasteiger partial charge in [-0.1, -0.05) is 19.3 Å². The zero-order chi connectivity index (χ0) is 7.82. The summed E-state index contributed by atoms with van der Waals surface area (Å²) in [6, 6.07) is 0. The summed E-state index contributed by atoms with van der Waals surface area (Å²) in [7, 11) is 0. The van der Waals surface area contributed by atoms with E-state index in [4.69, 9.17) is 0 Å². The molecule has 1 nitrogen and oxygen atoms in total. The molecule has 0 bridgehead atoms. The van der Waals surface area contributed by atoms with Crippen LogP contribution < -0.4 is 0 Å². The van der Waals surface area contributed by atoms with Gasteiger partial charge in [-0.05, 0) is 6.42 Å². The van der Waals surface area contributed by atoms with E-state index in [1.807, 2.05) is 0 Å². The van der Waals surface area contributed by atoms with E-state index < -0.39 is 0 Å². The maximum absolute atomic E-state index is 10.3. The van der Waals surface area contributed by atoms with E-state index >= 15 is 0 Å². The van der Waals surface area contributed by atoms with Gasteiger partial charge in [0.15, 0.2) is 5.12 Å². The molecular formula is C8H15OS-. The highest BCUT2D eigenvalue weighted by molar-refractivity contribution is 7.96. The fourth-order valence-electron chi connectivity index (χ4n) is 0.807. The molecule has 0 saturated heterocycles. The molecule has 0 N–H and O–H groups in total. The summed E-state index contributed by atoms with van der Waals surface area (Å²) in [5.41, 5.74) is 0. The van der Waals surface area contributed by atoms with Gasteiger partial charge in [0.05, 0.1) is 0 Å². The lowest BCUT2D eigenvalue weighted by atomic mass is 10.1. The maximum Gasteiger partial charge on any atom is 0.185 e. The molecule has 0 saturated carbocycles. The predicted octanol–water partition coefficient (Wildman–Crippen LogP) is 2.62. The highest BCUT2D eigenvalue weighted by atomic mass is 32.1. The predicted molar refractivity (Wildman–Crippen MR) is 47.1 cm³/mol. The maximum atomic E-state index is 10.3. The summed E-state index contributed by atoms with van der Waals surface area (Å²) >= 11 is 3.67. The first kappa shape index (κ1) is 10.0. The first-order valence-electron chi connectivity index (χ1n) is 3.78. The van der Waals surface area contributed by atoms with Crippen molar-refractivity contribution in [3.05, 3.63) is 6.92 Å². The standard InChI is InChI=1S/C8H15OS/c1-2-3-4-5-6-7-8(9)10/h1-7H2,(H,9,10)/q-1. The molecular weight excluding hydrogens is 144 g/mol. The van der Waals surface area contributed by atoms with Gasteiger partial charge >= 0.3 is 0 Å². The Hall–Kier alpha value is 0.0200. The van der Waals surface area contributed by atoms with Crippen LogP contribution >= 0.6 is 12.6 Å². The Kier molecular flexibility index (Phi) is 7.15. The Balaban J connectivity index is 2.84. The van der Waals surface area contributed by atoms with Crippen molar-refractivity contribution in [2.24, 2.45) is 0 Å². The van der Waals surface area contributed by atoms with Crippen LogP contribution in [0.3, 0.4) is 0 Å². The van der Waals surface area contributed by atoms with Crippen LogP contribution in [0.25, 0.3) is 0 Å². The minimum atomic E-state index is 0.00891. The summed E-state index contributed by atoms with van der Waals surface area (Å²) in [5, 5.41) is 0.00891. The minimum Gasteiger partial charge on any atom is -0.343 e. The Bertz CT molecular complexity index is 91.3. The molecule has 0 aliphatic rings. The van der Waals surface area contributed by atoms with Crippen molar-refractivity contribution in [2.75, 3.05) is 0 Å². The Labute approximate surface area is 68.6 Å². The number of thiol groups is 1. The first-order chi connectivity index (χ1) is 4.77. The van der Waals surface area contributed by atoms with Gasteiger partial charge in [-0.3, -0.25) is 4.79 Å². The van der Waals surface area contributed by atoms with Crippen LogP contribution in [-0.2, 0) is 4.79 Å². The Morgan fingerprint density at radius 1 is 1.20 bits per heavy atom. The number of carbonyl (C=O) groups is 1. The molecule has 0 heterocycles. The monoisotopic (exact) mass is 159 g/mol. The van der Waals surface area contributed by atoms with Crippen molar-refractivity contribution in [3.63, 3.8) is 0 Å². The van der Waals surface area contributed by atoms with Crippen LogP contribution in [0.5, 0.6) is 0 Å². The SMILES string of the molecule is [CH2-]CCCCCCC(=O)S. The topological polar surface area (TPSA) is 17.1 Å². The molecule has 0 radical (unpaired) electrons. The van der Waals surface area contributed by atoms with Gasteiger partial charge in [-0.25, -0.2) is 0 Å². The molecule has 0 aromatic carbocycles. The van der Waals surface area contributed by atoms with E-state index in [1.54, 1.807) is 0 Å². The van der Waals surface area contributed by atoms with Gasteiger partial charge in [0.1, 0.15) is 0 Å². The fraction of sp³-hybridized carbons (Fsp3) is 0.750. The molecule has 0 aromatic rings. The molecule has 60 valence electrons. The Morgan fingerprint density at radius 2 is 1.80 bits per heavy atom. The number of rotatable bonds is 6. The van der Waals surface area contributed by atoms with Crippen molar-refractivity contribution >= 4 is 17.7 Å². The van der Waals surface area contributed by atoms with E-state index in [-0.39, 0.29) is 5.12 Å². The lowest BCUT2D eigenvalue weighted by molar-refractivity contribution is -0.110. The molecule has 0 unspecified atom stereocenters. The minimum absolute atomic E-state index is 0.00891. The number of unbranched alkanes of at least 4 members (excludes halogenated alkanes) is 4. The molecule has 0 fully saturated rings. The molecule has 0 amide bonds. The third-order valence-electron chi connectivity index (χ3n) is 1.39. The van der Waals surface area contributed by atoms with Crippen molar-refractivity contribution in [3.8, 4) is 0 Å². The van der Waals surface area contributed by atoms with Crippen LogP contribution in [0.2, 0.25) is 0 Å². The van der Waals surface area contributed by atoms with Crippen LogP contribution in [0.1, 0.15) is 38.5 Å². The normalized spacial score (nSPS) is 9.80. The third-order valence-corrected chi connectivity index (χ3v) is 1.61. The summed E-state index contributed by atoms with van der Waals surface area (Å²) in [4.78, 5) is 10.3. The zero-order valence-electron chi connectivity index (χ0n) is 6.31. The summed E-state index contributed by atoms with van der Waals surface area (Å²) in [6.45, 7) is 3.74. The van der Waals surface area contributed by atoms with Crippen LogP contribution in [0, 0.1) is 6.92 Å². The molecule has 10 heavy (non-hydrogen) atoms. The molecule has 0 atom stereocenters.